The first kappa shape index (κ1) is 15.7. The molecule has 1 aromatic heterocycles. The monoisotopic (exact) mass is 289 g/mol. The molecule has 1 aromatic carbocycles. The van der Waals surface area contributed by atoms with Crippen molar-refractivity contribution in [2.45, 2.75) is 39.3 Å². The van der Waals surface area contributed by atoms with Gasteiger partial charge < -0.3 is 9.63 Å². The molecule has 1 N–H and O–H groups in total. The zero-order valence-corrected chi connectivity index (χ0v) is 13.1. The summed E-state index contributed by atoms with van der Waals surface area (Å²) in [4.78, 5) is 6.38. The van der Waals surface area contributed by atoms with Crippen molar-refractivity contribution in [2.24, 2.45) is 0 Å². The molecule has 5 nitrogen and oxygen atoms in total. The standard InChI is InChI=1S/C16H23N3O2/c1-12-7-5-6-8-13(12)9-14-17-15(21-18-14)10-19(4)11-16(2,3)20/h5-8,20H,9-11H2,1-4H3. The van der Waals surface area contributed by atoms with Gasteiger partial charge in [-0.05, 0) is 38.9 Å². The van der Waals surface area contributed by atoms with Gasteiger partial charge in [-0.25, -0.2) is 0 Å². The number of hydrogen-bond acceptors (Lipinski definition) is 5. The van der Waals surface area contributed by atoms with Crippen LogP contribution in [0.4, 0.5) is 0 Å². The maximum absolute atomic E-state index is 9.79. The third-order valence-electron chi connectivity index (χ3n) is 3.18. The molecule has 0 unspecified atom stereocenters. The van der Waals surface area contributed by atoms with Gasteiger partial charge >= 0.3 is 0 Å². The number of aryl methyl sites for hydroxylation is 1. The average molecular weight is 289 g/mol. The zero-order valence-electron chi connectivity index (χ0n) is 13.1. The Morgan fingerprint density at radius 2 is 2.00 bits per heavy atom. The molecular formula is C16H23N3O2. The van der Waals surface area contributed by atoms with Gasteiger partial charge in [-0.1, -0.05) is 29.4 Å². The van der Waals surface area contributed by atoms with E-state index in [1.54, 1.807) is 13.8 Å². The predicted molar refractivity (Wildman–Crippen MR) is 80.9 cm³/mol. The second kappa shape index (κ2) is 6.37. The van der Waals surface area contributed by atoms with E-state index in [0.717, 1.165) is 0 Å². The Morgan fingerprint density at radius 3 is 2.67 bits per heavy atom. The van der Waals surface area contributed by atoms with Gasteiger partial charge in [-0.2, -0.15) is 4.98 Å². The summed E-state index contributed by atoms with van der Waals surface area (Å²) in [5.74, 6) is 1.27. The second-order valence-electron chi connectivity index (χ2n) is 6.19. The SMILES string of the molecule is Cc1ccccc1Cc1noc(CN(C)CC(C)(C)O)n1. The Bertz CT molecular complexity index is 587. The molecule has 2 rings (SSSR count). The average Bonchev–Trinajstić information content (AvgIpc) is 2.77. The van der Waals surface area contributed by atoms with Crippen molar-refractivity contribution in [3.8, 4) is 0 Å². The van der Waals surface area contributed by atoms with Gasteiger partial charge in [0.15, 0.2) is 5.82 Å². The molecule has 0 saturated heterocycles. The Hall–Kier alpha value is -1.72. The van der Waals surface area contributed by atoms with Gasteiger partial charge in [0.2, 0.25) is 5.89 Å². The van der Waals surface area contributed by atoms with Gasteiger partial charge in [0.05, 0.1) is 12.1 Å². The minimum Gasteiger partial charge on any atom is -0.389 e. The minimum atomic E-state index is -0.737. The highest BCUT2D eigenvalue weighted by Crippen LogP contribution is 2.12. The van der Waals surface area contributed by atoms with E-state index < -0.39 is 5.60 Å². The third-order valence-corrected chi connectivity index (χ3v) is 3.18. The molecule has 21 heavy (non-hydrogen) atoms. The van der Waals surface area contributed by atoms with Crippen LogP contribution in [0.25, 0.3) is 0 Å². The first-order valence-corrected chi connectivity index (χ1v) is 7.10. The van der Waals surface area contributed by atoms with Crippen molar-refractivity contribution < 1.29 is 9.63 Å². The molecule has 0 aliphatic rings. The summed E-state index contributed by atoms with van der Waals surface area (Å²) in [6.45, 7) is 6.71. The fraction of sp³-hybridized carbons (Fsp3) is 0.500. The lowest BCUT2D eigenvalue weighted by Crippen LogP contribution is -2.35. The lowest BCUT2D eigenvalue weighted by Gasteiger charge is -2.23. The van der Waals surface area contributed by atoms with Crippen molar-refractivity contribution in [1.29, 1.82) is 0 Å². The van der Waals surface area contributed by atoms with E-state index in [1.165, 1.54) is 11.1 Å². The highest BCUT2D eigenvalue weighted by molar-refractivity contribution is 5.27. The summed E-state index contributed by atoms with van der Waals surface area (Å²) in [5.41, 5.74) is 1.69. The van der Waals surface area contributed by atoms with Crippen LogP contribution in [0.1, 0.15) is 36.7 Å². The molecule has 5 heteroatoms. The predicted octanol–water partition coefficient (Wildman–Crippen LogP) is 2.17. The largest absolute Gasteiger partial charge is 0.389 e. The van der Waals surface area contributed by atoms with Gasteiger partial charge in [0.1, 0.15) is 0 Å². The third kappa shape index (κ3) is 4.95. The molecule has 0 aliphatic carbocycles. The molecule has 0 fully saturated rings. The van der Waals surface area contributed by atoms with E-state index in [1.807, 2.05) is 24.1 Å². The van der Waals surface area contributed by atoms with E-state index in [9.17, 15) is 5.11 Å². The van der Waals surface area contributed by atoms with Gasteiger partial charge in [0, 0.05) is 13.0 Å². The molecule has 1 heterocycles. The second-order valence-corrected chi connectivity index (χ2v) is 6.19. The Kier molecular flexibility index (Phi) is 4.75. The number of likely N-dealkylation sites (N-methyl/N-ethyl adjacent to an activating group) is 1. The van der Waals surface area contributed by atoms with Crippen molar-refractivity contribution in [1.82, 2.24) is 15.0 Å². The topological polar surface area (TPSA) is 62.4 Å². The smallest absolute Gasteiger partial charge is 0.240 e. The molecule has 114 valence electrons. The zero-order chi connectivity index (χ0) is 15.5. The lowest BCUT2D eigenvalue weighted by atomic mass is 10.1. The molecular weight excluding hydrogens is 266 g/mol. The molecule has 0 bridgehead atoms. The Morgan fingerprint density at radius 1 is 1.29 bits per heavy atom. The van der Waals surface area contributed by atoms with E-state index in [0.29, 0.717) is 31.2 Å². The van der Waals surface area contributed by atoms with Crippen molar-refractivity contribution >= 4 is 0 Å². The summed E-state index contributed by atoms with van der Waals surface area (Å²) < 4.78 is 5.28. The molecule has 0 atom stereocenters. The summed E-state index contributed by atoms with van der Waals surface area (Å²) >= 11 is 0. The van der Waals surface area contributed by atoms with Crippen LogP contribution >= 0.6 is 0 Å². The number of aromatic nitrogens is 2. The van der Waals surface area contributed by atoms with Gasteiger partial charge in [-0.3, -0.25) is 4.90 Å². The molecule has 0 spiro atoms. The quantitative estimate of drug-likeness (QED) is 0.883. The van der Waals surface area contributed by atoms with Crippen LogP contribution in [0.2, 0.25) is 0 Å². The lowest BCUT2D eigenvalue weighted by molar-refractivity contribution is 0.0397. The minimum absolute atomic E-state index is 0.533. The molecule has 0 saturated carbocycles. The van der Waals surface area contributed by atoms with Crippen molar-refractivity contribution in [3.05, 3.63) is 47.1 Å². The first-order chi connectivity index (χ1) is 9.83. The maximum Gasteiger partial charge on any atom is 0.240 e. The summed E-state index contributed by atoms with van der Waals surface area (Å²) in [5, 5.41) is 13.8. The van der Waals surface area contributed by atoms with Crippen LogP contribution in [0.5, 0.6) is 0 Å². The first-order valence-electron chi connectivity index (χ1n) is 7.10. The summed E-state index contributed by atoms with van der Waals surface area (Å²) in [6.07, 6.45) is 0.672. The van der Waals surface area contributed by atoms with Crippen LogP contribution < -0.4 is 0 Å². The number of nitrogens with zero attached hydrogens (tertiary/aromatic N) is 3. The highest BCUT2D eigenvalue weighted by atomic mass is 16.5. The molecule has 0 amide bonds. The van der Waals surface area contributed by atoms with Crippen LogP contribution in [0, 0.1) is 6.92 Å². The van der Waals surface area contributed by atoms with Crippen molar-refractivity contribution in [3.63, 3.8) is 0 Å². The number of aliphatic hydroxyl groups is 1. The van der Waals surface area contributed by atoms with E-state index >= 15 is 0 Å². The van der Waals surface area contributed by atoms with Gasteiger partial charge in [0.25, 0.3) is 0 Å². The van der Waals surface area contributed by atoms with Crippen molar-refractivity contribution in [2.75, 3.05) is 13.6 Å². The number of hydrogen-bond donors (Lipinski definition) is 1. The van der Waals surface area contributed by atoms with E-state index in [4.69, 9.17) is 4.52 Å². The number of rotatable bonds is 6. The van der Waals surface area contributed by atoms with Crippen LogP contribution in [0.15, 0.2) is 28.8 Å². The fourth-order valence-electron chi connectivity index (χ4n) is 2.35. The maximum atomic E-state index is 9.79. The molecule has 0 radical (unpaired) electrons. The van der Waals surface area contributed by atoms with E-state index in [2.05, 4.69) is 29.2 Å². The Labute approximate surface area is 125 Å². The van der Waals surface area contributed by atoms with Crippen LogP contribution in [0.3, 0.4) is 0 Å². The summed E-state index contributed by atoms with van der Waals surface area (Å²) in [7, 11) is 1.92. The van der Waals surface area contributed by atoms with Crippen LogP contribution in [-0.2, 0) is 13.0 Å². The normalized spacial score (nSPS) is 12.1. The fourth-order valence-corrected chi connectivity index (χ4v) is 2.35. The molecule has 0 aliphatic heterocycles. The van der Waals surface area contributed by atoms with E-state index in [-0.39, 0.29) is 0 Å². The van der Waals surface area contributed by atoms with Gasteiger partial charge in [-0.15, -0.1) is 0 Å². The number of benzene rings is 1. The highest BCUT2D eigenvalue weighted by Gasteiger charge is 2.17. The Balaban J connectivity index is 1.97. The summed E-state index contributed by atoms with van der Waals surface area (Å²) in [6, 6.07) is 8.19. The van der Waals surface area contributed by atoms with Crippen LogP contribution in [-0.4, -0.2) is 39.3 Å². The molecule has 2 aromatic rings.